The van der Waals surface area contributed by atoms with E-state index >= 15 is 0 Å². The van der Waals surface area contributed by atoms with Crippen LogP contribution in [0.2, 0.25) is 0 Å². The summed E-state index contributed by atoms with van der Waals surface area (Å²) in [7, 11) is 0. The summed E-state index contributed by atoms with van der Waals surface area (Å²) < 4.78 is 5.67. The third-order valence-electron chi connectivity index (χ3n) is 2.98. The summed E-state index contributed by atoms with van der Waals surface area (Å²) in [6.45, 7) is 4.02. The average Bonchev–Trinajstić information content (AvgIpc) is 2.83. The predicted octanol–water partition coefficient (Wildman–Crippen LogP) is 2.27. The molecule has 0 amide bonds. The number of hydrogen-bond acceptors (Lipinski definition) is 5. The first kappa shape index (κ1) is 13.6. The van der Waals surface area contributed by atoms with Crippen LogP contribution >= 0.6 is 11.8 Å². The molecule has 0 spiro atoms. The molecule has 2 atom stereocenters. The van der Waals surface area contributed by atoms with E-state index in [0.29, 0.717) is 5.25 Å². The number of thioether (sulfide) groups is 1. The van der Waals surface area contributed by atoms with E-state index in [2.05, 4.69) is 10.4 Å². The predicted molar refractivity (Wildman–Crippen MR) is 75.5 cm³/mol. The highest BCUT2D eigenvalue weighted by Gasteiger charge is 2.26. The van der Waals surface area contributed by atoms with Gasteiger partial charge in [-0.05, 0) is 44.1 Å². The summed E-state index contributed by atoms with van der Waals surface area (Å²) in [5, 5.41) is 0.533. The molecule has 1 aromatic heterocycles. The maximum Gasteiger partial charge on any atom is 0.138 e. The van der Waals surface area contributed by atoms with Crippen molar-refractivity contribution >= 4 is 11.8 Å². The molecule has 0 aromatic carbocycles. The van der Waals surface area contributed by atoms with Crippen molar-refractivity contribution in [1.82, 2.24) is 10.4 Å². The molecule has 1 aliphatic rings. The molecular formula is C13H21N3OS. The van der Waals surface area contributed by atoms with Crippen LogP contribution in [0.1, 0.15) is 38.3 Å². The Kier molecular flexibility index (Phi) is 4.86. The van der Waals surface area contributed by atoms with Gasteiger partial charge in [0, 0.05) is 11.4 Å². The Bertz CT molecular complexity index is 380. The second-order valence-electron chi connectivity index (χ2n) is 4.82. The maximum absolute atomic E-state index is 5.70. The van der Waals surface area contributed by atoms with E-state index in [0.717, 1.165) is 11.3 Å². The van der Waals surface area contributed by atoms with Gasteiger partial charge in [0.05, 0.1) is 18.3 Å². The van der Waals surface area contributed by atoms with Gasteiger partial charge in [-0.2, -0.15) is 11.8 Å². The van der Waals surface area contributed by atoms with Gasteiger partial charge >= 0.3 is 0 Å². The molecule has 2 rings (SSSR count). The summed E-state index contributed by atoms with van der Waals surface area (Å²) in [6.07, 6.45) is 6.25. The summed E-state index contributed by atoms with van der Waals surface area (Å²) in [4.78, 5) is 4.25. The number of nitrogens with two attached hydrogens (primary N) is 1. The third kappa shape index (κ3) is 3.37. The van der Waals surface area contributed by atoms with Gasteiger partial charge in [-0.15, -0.1) is 0 Å². The van der Waals surface area contributed by atoms with E-state index in [4.69, 9.17) is 10.6 Å². The highest BCUT2D eigenvalue weighted by Crippen LogP contribution is 2.36. The average molecular weight is 267 g/mol. The Morgan fingerprint density at radius 3 is 2.94 bits per heavy atom. The van der Waals surface area contributed by atoms with Crippen molar-refractivity contribution in [2.24, 2.45) is 5.84 Å². The van der Waals surface area contributed by atoms with E-state index in [1.165, 1.54) is 18.6 Å². The Labute approximate surface area is 113 Å². The quantitative estimate of drug-likeness (QED) is 0.633. The van der Waals surface area contributed by atoms with Crippen molar-refractivity contribution in [3.05, 3.63) is 24.0 Å². The number of nitrogens with zero attached hydrogens (tertiary/aromatic N) is 1. The fraction of sp³-hybridized carbons (Fsp3) is 0.615. The van der Waals surface area contributed by atoms with E-state index in [-0.39, 0.29) is 12.1 Å². The molecule has 1 aromatic rings. The number of rotatable bonds is 5. The molecule has 2 heterocycles. The summed E-state index contributed by atoms with van der Waals surface area (Å²) in [5.74, 6) is 7.74. The van der Waals surface area contributed by atoms with E-state index in [9.17, 15) is 0 Å². The standard InChI is InChI=1S/C13H21N3OS/c1-9(2)17-11-6-10(7-15-8-11)13(16-14)12-4-3-5-18-12/h6-9,12-13,16H,3-5,14H2,1-2H3. The van der Waals surface area contributed by atoms with Gasteiger partial charge in [0.1, 0.15) is 5.75 Å². The van der Waals surface area contributed by atoms with Gasteiger partial charge in [0.2, 0.25) is 0 Å². The smallest absolute Gasteiger partial charge is 0.138 e. The monoisotopic (exact) mass is 267 g/mol. The zero-order chi connectivity index (χ0) is 13.0. The minimum Gasteiger partial charge on any atom is -0.489 e. The fourth-order valence-corrected chi connectivity index (χ4v) is 3.62. The topological polar surface area (TPSA) is 60.2 Å². The highest BCUT2D eigenvalue weighted by atomic mass is 32.2. The third-order valence-corrected chi connectivity index (χ3v) is 4.44. The summed E-state index contributed by atoms with van der Waals surface area (Å²) in [5.41, 5.74) is 4.03. The van der Waals surface area contributed by atoms with Crippen LogP contribution in [-0.4, -0.2) is 22.1 Å². The molecule has 3 N–H and O–H groups in total. The minimum atomic E-state index is 0.153. The number of pyridine rings is 1. The van der Waals surface area contributed by atoms with Crippen LogP contribution in [0.25, 0.3) is 0 Å². The van der Waals surface area contributed by atoms with Crippen molar-refractivity contribution in [3.63, 3.8) is 0 Å². The second-order valence-corrected chi connectivity index (χ2v) is 6.16. The van der Waals surface area contributed by atoms with Crippen molar-refractivity contribution in [3.8, 4) is 5.75 Å². The number of aromatic nitrogens is 1. The summed E-state index contributed by atoms with van der Waals surface area (Å²) in [6, 6.07) is 2.19. The van der Waals surface area contributed by atoms with Crippen molar-refractivity contribution in [1.29, 1.82) is 0 Å². The lowest BCUT2D eigenvalue weighted by Crippen LogP contribution is -2.34. The van der Waals surface area contributed by atoms with Crippen molar-refractivity contribution in [2.75, 3.05) is 5.75 Å². The number of hydrazine groups is 1. The Hall–Kier alpha value is -0.780. The lowest BCUT2D eigenvalue weighted by atomic mass is 10.0. The number of ether oxygens (including phenoxy) is 1. The number of nitrogens with one attached hydrogen (secondary N) is 1. The molecule has 1 aliphatic heterocycles. The summed E-state index contributed by atoms with van der Waals surface area (Å²) >= 11 is 1.98. The molecule has 0 saturated carbocycles. The molecule has 1 fully saturated rings. The lowest BCUT2D eigenvalue weighted by molar-refractivity contribution is 0.241. The van der Waals surface area contributed by atoms with Crippen LogP contribution in [0.15, 0.2) is 18.5 Å². The van der Waals surface area contributed by atoms with E-state index in [1.807, 2.05) is 37.9 Å². The fourth-order valence-electron chi connectivity index (χ4n) is 2.23. The first-order chi connectivity index (χ1) is 8.70. The lowest BCUT2D eigenvalue weighted by Gasteiger charge is -2.22. The van der Waals surface area contributed by atoms with Gasteiger partial charge in [0.15, 0.2) is 0 Å². The molecule has 1 saturated heterocycles. The van der Waals surface area contributed by atoms with Gasteiger partial charge in [-0.3, -0.25) is 16.3 Å². The van der Waals surface area contributed by atoms with Crippen LogP contribution in [0, 0.1) is 0 Å². The molecular weight excluding hydrogens is 246 g/mol. The molecule has 0 radical (unpaired) electrons. The zero-order valence-corrected chi connectivity index (χ0v) is 11.7. The molecule has 0 bridgehead atoms. The van der Waals surface area contributed by atoms with Crippen LogP contribution in [0.4, 0.5) is 0 Å². The molecule has 100 valence electrons. The first-order valence-electron chi connectivity index (χ1n) is 6.40. The molecule has 5 heteroatoms. The van der Waals surface area contributed by atoms with Crippen LogP contribution in [-0.2, 0) is 0 Å². The van der Waals surface area contributed by atoms with Crippen molar-refractivity contribution in [2.45, 2.75) is 44.1 Å². The molecule has 2 unspecified atom stereocenters. The largest absolute Gasteiger partial charge is 0.489 e. The molecule has 0 aliphatic carbocycles. The van der Waals surface area contributed by atoms with Crippen LogP contribution in [0.3, 0.4) is 0 Å². The number of hydrogen-bond donors (Lipinski definition) is 2. The van der Waals surface area contributed by atoms with Gasteiger partial charge in [-0.1, -0.05) is 0 Å². The van der Waals surface area contributed by atoms with Gasteiger partial charge in [-0.25, -0.2) is 0 Å². The Morgan fingerprint density at radius 1 is 1.50 bits per heavy atom. The van der Waals surface area contributed by atoms with E-state index < -0.39 is 0 Å². The van der Waals surface area contributed by atoms with Gasteiger partial charge in [0.25, 0.3) is 0 Å². The second kappa shape index (κ2) is 6.41. The van der Waals surface area contributed by atoms with E-state index in [1.54, 1.807) is 6.20 Å². The van der Waals surface area contributed by atoms with Gasteiger partial charge < -0.3 is 4.74 Å². The minimum absolute atomic E-state index is 0.153. The Morgan fingerprint density at radius 2 is 2.33 bits per heavy atom. The zero-order valence-electron chi connectivity index (χ0n) is 10.9. The normalized spacial score (nSPS) is 21.2. The molecule has 4 nitrogen and oxygen atoms in total. The first-order valence-corrected chi connectivity index (χ1v) is 7.45. The van der Waals surface area contributed by atoms with Crippen LogP contribution < -0.4 is 16.0 Å². The Balaban J connectivity index is 2.14. The maximum atomic E-state index is 5.70. The SMILES string of the molecule is CC(C)Oc1cncc(C(NN)C2CCCS2)c1. The molecule has 18 heavy (non-hydrogen) atoms. The van der Waals surface area contributed by atoms with Crippen LogP contribution in [0.5, 0.6) is 5.75 Å². The highest BCUT2D eigenvalue weighted by molar-refractivity contribution is 8.00. The van der Waals surface area contributed by atoms with Crippen molar-refractivity contribution < 1.29 is 4.74 Å².